The first kappa shape index (κ1) is 18.1. The zero-order valence-corrected chi connectivity index (χ0v) is 17.2. The number of hydrogen-bond acceptors (Lipinski definition) is 7. The van der Waals surface area contributed by atoms with Crippen molar-refractivity contribution >= 4 is 22.8 Å². The average Bonchev–Trinajstić information content (AvgIpc) is 3.46. The Hall–Kier alpha value is -2.71. The number of H-pyrrole nitrogens is 1. The molecule has 2 atom stereocenters. The van der Waals surface area contributed by atoms with Crippen molar-refractivity contribution in [1.82, 2.24) is 20.2 Å². The number of fused-ring (bicyclic) bond motifs is 2. The molecule has 0 saturated carbocycles. The van der Waals surface area contributed by atoms with E-state index in [9.17, 15) is 0 Å². The largest absolute Gasteiger partial charge is 0.376 e. The van der Waals surface area contributed by atoms with Crippen molar-refractivity contribution in [3.8, 4) is 0 Å². The van der Waals surface area contributed by atoms with Crippen LogP contribution in [0.5, 0.6) is 0 Å². The topological polar surface area (TPSA) is 96.2 Å². The molecule has 3 aliphatic heterocycles. The molecular weight excluding hydrogens is 378 g/mol. The van der Waals surface area contributed by atoms with E-state index in [1.165, 1.54) is 11.1 Å². The van der Waals surface area contributed by atoms with Gasteiger partial charge in [0.1, 0.15) is 5.82 Å². The number of ether oxygens (including phenoxy) is 1. The molecule has 0 bridgehead atoms. The summed E-state index contributed by atoms with van der Waals surface area (Å²) < 4.78 is 5.84. The first-order chi connectivity index (χ1) is 14.6. The number of benzene rings is 1. The number of aromatic amines is 1. The SMILES string of the molecule is C[C@@H]1OCC2(CCN(c3cnc4c(N5Cc6ccccc6C5)n[nH]c4n3)CC2)[C@@H]1N. The molecule has 1 spiro atoms. The number of nitrogens with two attached hydrogens (primary N) is 1. The summed E-state index contributed by atoms with van der Waals surface area (Å²) in [4.78, 5) is 14.2. The molecule has 156 valence electrons. The lowest BCUT2D eigenvalue weighted by molar-refractivity contribution is 0.0974. The van der Waals surface area contributed by atoms with E-state index in [1.807, 2.05) is 6.20 Å². The van der Waals surface area contributed by atoms with Crippen molar-refractivity contribution in [3.05, 3.63) is 41.6 Å². The van der Waals surface area contributed by atoms with Gasteiger partial charge in [0.15, 0.2) is 17.0 Å². The summed E-state index contributed by atoms with van der Waals surface area (Å²) in [7, 11) is 0. The van der Waals surface area contributed by atoms with Gasteiger partial charge in [-0.2, -0.15) is 5.10 Å². The second kappa shape index (κ2) is 6.65. The van der Waals surface area contributed by atoms with Gasteiger partial charge in [-0.25, -0.2) is 9.97 Å². The fourth-order valence-electron chi connectivity index (χ4n) is 5.29. The number of nitrogens with one attached hydrogen (secondary N) is 1. The van der Waals surface area contributed by atoms with E-state index in [1.54, 1.807) is 0 Å². The summed E-state index contributed by atoms with van der Waals surface area (Å²) in [5.74, 6) is 1.78. The van der Waals surface area contributed by atoms with Crippen LogP contribution in [-0.2, 0) is 17.8 Å². The molecule has 6 rings (SSSR count). The lowest BCUT2D eigenvalue weighted by atomic mass is 9.73. The Balaban J connectivity index is 1.21. The molecule has 5 heterocycles. The Morgan fingerprint density at radius 3 is 2.53 bits per heavy atom. The molecule has 3 aromatic rings. The summed E-state index contributed by atoms with van der Waals surface area (Å²) in [5.41, 5.74) is 10.8. The van der Waals surface area contributed by atoms with E-state index in [4.69, 9.17) is 20.4 Å². The molecule has 0 amide bonds. The van der Waals surface area contributed by atoms with Gasteiger partial charge in [-0.1, -0.05) is 24.3 Å². The van der Waals surface area contributed by atoms with Crippen LogP contribution in [0, 0.1) is 5.41 Å². The van der Waals surface area contributed by atoms with Crippen molar-refractivity contribution < 1.29 is 4.74 Å². The maximum atomic E-state index is 6.45. The molecule has 8 heteroatoms. The molecule has 2 saturated heterocycles. The van der Waals surface area contributed by atoms with E-state index in [0.29, 0.717) is 0 Å². The maximum Gasteiger partial charge on any atom is 0.179 e. The fraction of sp³-hybridized carbons (Fsp3) is 0.500. The number of rotatable bonds is 2. The zero-order valence-electron chi connectivity index (χ0n) is 17.2. The molecule has 2 fully saturated rings. The number of aromatic nitrogens is 4. The van der Waals surface area contributed by atoms with Gasteiger partial charge in [0.2, 0.25) is 0 Å². The summed E-state index contributed by atoms with van der Waals surface area (Å²) in [6.07, 6.45) is 4.08. The molecule has 2 aromatic heterocycles. The van der Waals surface area contributed by atoms with Gasteiger partial charge >= 0.3 is 0 Å². The number of hydrogen-bond donors (Lipinski definition) is 2. The quantitative estimate of drug-likeness (QED) is 0.675. The van der Waals surface area contributed by atoms with Crippen molar-refractivity contribution in [3.63, 3.8) is 0 Å². The van der Waals surface area contributed by atoms with Gasteiger partial charge in [-0.05, 0) is 30.9 Å². The van der Waals surface area contributed by atoms with Gasteiger partial charge < -0.3 is 20.3 Å². The predicted octanol–water partition coefficient (Wildman–Crippen LogP) is 2.21. The lowest BCUT2D eigenvalue weighted by Gasteiger charge is -2.41. The molecule has 8 nitrogen and oxygen atoms in total. The average molecular weight is 406 g/mol. The van der Waals surface area contributed by atoms with Crippen LogP contribution in [0.3, 0.4) is 0 Å². The van der Waals surface area contributed by atoms with Crippen molar-refractivity contribution in [1.29, 1.82) is 0 Å². The third-order valence-corrected chi connectivity index (χ3v) is 7.31. The molecule has 30 heavy (non-hydrogen) atoms. The first-order valence-electron chi connectivity index (χ1n) is 10.8. The normalized spacial score (nSPS) is 25.4. The number of nitrogens with zero attached hydrogens (tertiary/aromatic N) is 5. The van der Waals surface area contributed by atoms with Gasteiger partial charge in [0.25, 0.3) is 0 Å². The van der Waals surface area contributed by atoms with Crippen LogP contribution in [0.2, 0.25) is 0 Å². The third kappa shape index (κ3) is 2.70. The summed E-state index contributed by atoms with van der Waals surface area (Å²) in [5, 5.41) is 7.65. The minimum absolute atomic E-state index is 0.110. The highest BCUT2D eigenvalue weighted by Gasteiger charge is 2.47. The molecule has 0 aliphatic carbocycles. The Bertz CT molecular complexity index is 1060. The Morgan fingerprint density at radius 2 is 1.87 bits per heavy atom. The smallest absolute Gasteiger partial charge is 0.179 e. The van der Waals surface area contributed by atoms with Crippen LogP contribution in [0.15, 0.2) is 30.5 Å². The standard InChI is InChI=1S/C22H27N7O/c1-14-19(23)22(13-30-14)6-8-28(9-7-22)17-10-24-18-20(25-17)26-27-21(18)29-11-15-4-2-3-5-16(15)12-29/h2-5,10,14,19H,6-9,11-13,23H2,1H3,(H,25,26,27)/t14-,19+/m0/s1. The first-order valence-corrected chi connectivity index (χ1v) is 10.8. The van der Waals surface area contributed by atoms with Crippen LogP contribution in [0.4, 0.5) is 11.6 Å². The molecule has 3 aliphatic rings. The summed E-state index contributed by atoms with van der Waals surface area (Å²) >= 11 is 0. The molecule has 1 aromatic carbocycles. The van der Waals surface area contributed by atoms with Gasteiger partial charge in [0, 0.05) is 37.6 Å². The van der Waals surface area contributed by atoms with E-state index in [0.717, 1.165) is 68.4 Å². The van der Waals surface area contributed by atoms with E-state index in [2.05, 4.69) is 51.2 Å². The molecular formula is C22H27N7O. The van der Waals surface area contributed by atoms with Gasteiger partial charge in [-0.15, -0.1) is 0 Å². The molecule has 0 unspecified atom stereocenters. The Morgan fingerprint density at radius 1 is 1.13 bits per heavy atom. The van der Waals surface area contributed by atoms with Gasteiger partial charge in [0.05, 0.1) is 18.9 Å². The highest BCUT2D eigenvalue weighted by molar-refractivity contribution is 5.84. The highest BCUT2D eigenvalue weighted by atomic mass is 16.5. The predicted molar refractivity (Wildman–Crippen MR) is 115 cm³/mol. The van der Waals surface area contributed by atoms with Crippen LogP contribution in [0.1, 0.15) is 30.9 Å². The number of anilines is 2. The van der Waals surface area contributed by atoms with Gasteiger partial charge in [-0.3, -0.25) is 5.10 Å². The second-order valence-corrected chi connectivity index (χ2v) is 8.99. The fourth-order valence-corrected chi connectivity index (χ4v) is 5.29. The van der Waals surface area contributed by atoms with Crippen LogP contribution < -0.4 is 15.5 Å². The van der Waals surface area contributed by atoms with Crippen LogP contribution >= 0.6 is 0 Å². The molecule has 3 N–H and O–H groups in total. The van der Waals surface area contributed by atoms with Crippen LogP contribution in [0.25, 0.3) is 11.2 Å². The third-order valence-electron chi connectivity index (χ3n) is 7.31. The Labute approximate surface area is 175 Å². The minimum Gasteiger partial charge on any atom is -0.376 e. The van der Waals surface area contributed by atoms with E-state index >= 15 is 0 Å². The van der Waals surface area contributed by atoms with E-state index in [-0.39, 0.29) is 17.6 Å². The van der Waals surface area contributed by atoms with Crippen molar-refractivity contribution in [2.75, 3.05) is 29.5 Å². The molecule has 0 radical (unpaired) electrons. The van der Waals surface area contributed by atoms with Crippen molar-refractivity contribution in [2.45, 2.75) is 45.0 Å². The highest BCUT2D eigenvalue weighted by Crippen LogP contribution is 2.42. The lowest BCUT2D eigenvalue weighted by Crippen LogP contribution is -2.50. The Kier molecular flexibility index (Phi) is 4.01. The van der Waals surface area contributed by atoms with Crippen LogP contribution in [-0.4, -0.2) is 52.0 Å². The summed E-state index contributed by atoms with van der Waals surface area (Å²) in [6.45, 7) is 6.41. The number of piperidine rings is 1. The summed E-state index contributed by atoms with van der Waals surface area (Å²) in [6, 6.07) is 8.65. The maximum absolute atomic E-state index is 6.45. The second-order valence-electron chi connectivity index (χ2n) is 8.99. The monoisotopic (exact) mass is 405 g/mol. The van der Waals surface area contributed by atoms with E-state index < -0.39 is 0 Å². The zero-order chi connectivity index (χ0) is 20.3. The van der Waals surface area contributed by atoms with Crippen molar-refractivity contribution in [2.24, 2.45) is 11.1 Å². The minimum atomic E-state index is 0.110.